The Morgan fingerprint density at radius 1 is 1.24 bits per heavy atom. The highest BCUT2D eigenvalue weighted by Crippen LogP contribution is 2.28. The molecule has 0 amide bonds. The maximum atomic E-state index is 6.31. The van der Waals surface area contributed by atoms with Gasteiger partial charge in [0.25, 0.3) is 0 Å². The van der Waals surface area contributed by atoms with Gasteiger partial charge in [-0.2, -0.15) is 0 Å². The normalized spacial score (nSPS) is 16.0. The van der Waals surface area contributed by atoms with E-state index in [-0.39, 0.29) is 12.1 Å². The van der Waals surface area contributed by atoms with Gasteiger partial charge in [0.1, 0.15) is 5.75 Å². The smallest absolute Gasteiger partial charge is 0.119 e. The summed E-state index contributed by atoms with van der Waals surface area (Å²) >= 11 is 0. The Balaban J connectivity index is 3.07. The summed E-state index contributed by atoms with van der Waals surface area (Å²) in [5.74, 6) is 0.884. The van der Waals surface area contributed by atoms with E-state index in [4.69, 9.17) is 10.5 Å². The first-order valence-corrected chi connectivity index (χ1v) is 7.70. The molecule has 0 saturated heterocycles. The van der Waals surface area contributed by atoms with Gasteiger partial charge in [0.2, 0.25) is 0 Å². The van der Waals surface area contributed by atoms with Crippen molar-refractivity contribution in [3.05, 3.63) is 29.8 Å². The number of ether oxygens (including phenoxy) is 1. The molecular weight excluding hydrogens is 262 g/mol. The van der Waals surface area contributed by atoms with Crippen LogP contribution in [0.25, 0.3) is 0 Å². The van der Waals surface area contributed by atoms with Crippen LogP contribution in [0.5, 0.6) is 5.75 Å². The van der Waals surface area contributed by atoms with Crippen molar-refractivity contribution in [1.29, 1.82) is 0 Å². The van der Waals surface area contributed by atoms with Gasteiger partial charge >= 0.3 is 0 Å². The number of methoxy groups -OCH3 is 1. The lowest BCUT2D eigenvalue weighted by Gasteiger charge is -2.39. The number of hydrogen-bond acceptors (Lipinski definition) is 4. The Kier molecular flexibility index (Phi) is 7.15. The Bertz CT molecular complexity index is 420. The molecule has 1 rings (SSSR count). The van der Waals surface area contributed by atoms with Crippen molar-refractivity contribution < 1.29 is 4.74 Å². The Labute approximate surface area is 129 Å². The second kappa shape index (κ2) is 8.37. The van der Waals surface area contributed by atoms with Gasteiger partial charge in [-0.3, -0.25) is 4.90 Å². The van der Waals surface area contributed by atoms with Gasteiger partial charge in [0.15, 0.2) is 0 Å². The summed E-state index contributed by atoms with van der Waals surface area (Å²) in [5, 5.41) is 0. The predicted molar refractivity (Wildman–Crippen MR) is 89.8 cm³/mol. The number of nitrogens with two attached hydrogens (primary N) is 1. The van der Waals surface area contributed by atoms with Crippen LogP contribution in [0.15, 0.2) is 24.3 Å². The third-order valence-electron chi connectivity index (χ3n) is 3.85. The van der Waals surface area contributed by atoms with Crippen LogP contribution in [0.2, 0.25) is 0 Å². The Hall–Kier alpha value is -1.10. The van der Waals surface area contributed by atoms with Crippen molar-refractivity contribution in [2.45, 2.75) is 38.9 Å². The minimum absolute atomic E-state index is 0.0571. The summed E-state index contributed by atoms with van der Waals surface area (Å²) in [5.41, 5.74) is 7.53. The van der Waals surface area contributed by atoms with Gasteiger partial charge in [-0.1, -0.05) is 19.1 Å². The highest BCUT2D eigenvalue weighted by atomic mass is 16.5. The van der Waals surface area contributed by atoms with E-state index in [0.29, 0.717) is 6.04 Å². The quantitative estimate of drug-likeness (QED) is 0.799. The zero-order chi connectivity index (χ0) is 16.0. The molecule has 0 aliphatic rings. The zero-order valence-electron chi connectivity index (χ0n) is 14.3. The Morgan fingerprint density at radius 2 is 1.90 bits per heavy atom. The number of likely N-dealkylation sites (N-methyl/N-ethyl adjacent to an activating group) is 2. The summed E-state index contributed by atoms with van der Waals surface area (Å²) < 4.78 is 5.36. The van der Waals surface area contributed by atoms with E-state index in [2.05, 4.69) is 56.8 Å². The van der Waals surface area contributed by atoms with Crippen molar-refractivity contribution >= 4 is 0 Å². The van der Waals surface area contributed by atoms with Crippen molar-refractivity contribution in [1.82, 2.24) is 9.80 Å². The Morgan fingerprint density at radius 3 is 2.38 bits per heavy atom. The predicted octanol–water partition coefficient (Wildman–Crippen LogP) is 2.36. The first kappa shape index (κ1) is 18.0. The average molecular weight is 293 g/mol. The molecule has 1 aromatic rings. The van der Waals surface area contributed by atoms with Crippen LogP contribution in [-0.4, -0.2) is 56.2 Å². The third-order valence-corrected chi connectivity index (χ3v) is 3.85. The van der Waals surface area contributed by atoms with Crippen molar-refractivity contribution in [3.63, 3.8) is 0 Å². The molecule has 2 N–H and O–H groups in total. The number of rotatable bonds is 8. The summed E-state index contributed by atoms with van der Waals surface area (Å²) in [7, 11) is 5.92. The highest BCUT2D eigenvalue weighted by Gasteiger charge is 2.27. The zero-order valence-corrected chi connectivity index (χ0v) is 14.3. The van der Waals surface area contributed by atoms with E-state index < -0.39 is 0 Å². The molecule has 0 heterocycles. The molecule has 0 radical (unpaired) electrons. The van der Waals surface area contributed by atoms with Crippen LogP contribution in [0.4, 0.5) is 0 Å². The van der Waals surface area contributed by atoms with E-state index in [1.807, 2.05) is 12.1 Å². The summed E-state index contributed by atoms with van der Waals surface area (Å²) in [6.07, 6.45) is 0. The second-order valence-electron chi connectivity index (χ2n) is 6.02. The average Bonchev–Trinajstić information content (AvgIpc) is 2.43. The molecular formula is C17H31N3O. The molecule has 0 aliphatic heterocycles. The van der Waals surface area contributed by atoms with Crippen LogP contribution < -0.4 is 10.5 Å². The van der Waals surface area contributed by atoms with Crippen LogP contribution in [0.3, 0.4) is 0 Å². The largest absolute Gasteiger partial charge is 0.497 e. The molecule has 0 aromatic heterocycles. The molecule has 120 valence electrons. The molecule has 1 aromatic carbocycles. The van der Waals surface area contributed by atoms with Gasteiger partial charge in [-0.15, -0.1) is 0 Å². The fraction of sp³-hybridized carbons (Fsp3) is 0.647. The molecule has 21 heavy (non-hydrogen) atoms. The molecule has 0 spiro atoms. The van der Waals surface area contributed by atoms with E-state index in [1.165, 1.54) is 5.56 Å². The highest BCUT2D eigenvalue weighted by molar-refractivity contribution is 5.31. The lowest BCUT2D eigenvalue weighted by atomic mass is 9.97. The molecule has 3 atom stereocenters. The first-order valence-electron chi connectivity index (χ1n) is 7.70. The van der Waals surface area contributed by atoms with E-state index in [0.717, 1.165) is 18.8 Å². The molecule has 0 aliphatic carbocycles. The fourth-order valence-corrected chi connectivity index (χ4v) is 3.04. The topological polar surface area (TPSA) is 41.7 Å². The van der Waals surface area contributed by atoms with Gasteiger partial charge in [-0.25, -0.2) is 0 Å². The van der Waals surface area contributed by atoms with Crippen molar-refractivity contribution in [2.24, 2.45) is 5.73 Å². The monoisotopic (exact) mass is 293 g/mol. The van der Waals surface area contributed by atoms with Gasteiger partial charge in [0, 0.05) is 18.6 Å². The number of benzene rings is 1. The number of nitrogens with zero attached hydrogens (tertiary/aromatic N) is 2. The lowest BCUT2D eigenvalue weighted by Crippen LogP contribution is -2.47. The third kappa shape index (κ3) is 4.99. The molecule has 0 bridgehead atoms. The fourth-order valence-electron chi connectivity index (χ4n) is 3.04. The van der Waals surface area contributed by atoms with E-state index in [9.17, 15) is 0 Å². The minimum Gasteiger partial charge on any atom is -0.497 e. The van der Waals surface area contributed by atoms with Gasteiger partial charge < -0.3 is 15.4 Å². The molecule has 4 nitrogen and oxygen atoms in total. The molecule has 0 saturated carbocycles. The minimum atomic E-state index is 0.0571. The van der Waals surface area contributed by atoms with Crippen LogP contribution >= 0.6 is 0 Å². The first-order chi connectivity index (χ1) is 9.90. The molecule has 0 fully saturated rings. The SMILES string of the molecule is CCN(C(C)CN(C)C)C(c1cccc(OC)c1)C(C)N. The summed E-state index contributed by atoms with van der Waals surface area (Å²) in [6, 6.07) is 8.93. The summed E-state index contributed by atoms with van der Waals surface area (Å²) in [4.78, 5) is 4.69. The maximum Gasteiger partial charge on any atom is 0.119 e. The van der Waals surface area contributed by atoms with Gasteiger partial charge in [-0.05, 0) is 52.2 Å². The van der Waals surface area contributed by atoms with Crippen LogP contribution in [-0.2, 0) is 0 Å². The van der Waals surface area contributed by atoms with Crippen molar-refractivity contribution in [3.8, 4) is 5.75 Å². The van der Waals surface area contributed by atoms with E-state index >= 15 is 0 Å². The van der Waals surface area contributed by atoms with Crippen LogP contribution in [0.1, 0.15) is 32.4 Å². The second-order valence-corrected chi connectivity index (χ2v) is 6.02. The summed E-state index contributed by atoms with van der Waals surface area (Å²) in [6.45, 7) is 8.52. The number of hydrogen-bond donors (Lipinski definition) is 1. The standard InChI is InChI=1S/C17H31N3O/c1-7-20(13(2)12-19(4)5)17(14(3)18)15-9-8-10-16(11-15)21-6/h8-11,13-14,17H,7,12,18H2,1-6H3. The van der Waals surface area contributed by atoms with E-state index in [1.54, 1.807) is 7.11 Å². The van der Waals surface area contributed by atoms with Crippen LogP contribution in [0, 0.1) is 0 Å². The molecule has 3 unspecified atom stereocenters. The van der Waals surface area contributed by atoms with Gasteiger partial charge in [0.05, 0.1) is 13.2 Å². The molecule has 4 heteroatoms. The lowest BCUT2D eigenvalue weighted by molar-refractivity contribution is 0.113. The maximum absolute atomic E-state index is 6.31. The van der Waals surface area contributed by atoms with Crippen molar-refractivity contribution in [2.75, 3.05) is 34.3 Å².